The number of fused-ring (bicyclic) bond motifs is 1. The molecule has 0 aliphatic heterocycles. The second-order valence-electron chi connectivity index (χ2n) is 4.75. The van der Waals surface area contributed by atoms with E-state index in [4.69, 9.17) is 21.1 Å². The molecule has 23 heavy (non-hydrogen) atoms. The van der Waals surface area contributed by atoms with Crippen molar-refractivity contribution in [1.29, 1.82) is 0 Å². The van der Waals surface area contributed by atoms with E-state index in [1.54, 1.807) is 12.4 Å². The number of hydrogen-bond donors (Lipinski definition) is 0. The third kappa shape index (κ3) is 3.19. The smallest absolute Gasteiger partial charge is 0.224 e. The fraction of sp³-hybridized carbons (Fsp3) is 0.312. The molecule has 0 saturated heterocycles. The highest BCUT2D eigenvalue weighted by Gasteiger charge is 2.22. The van der Waals surface area contributed by atoms with Gasteiger partial charge in [0, 0.05) is 31.0 Å². The fourth-order valence-electron chi connectivity index (χ4n) is 2.41. The molecule has 0 atom stereocenters. The third-order valence-electron chi connectivity index (χ3n) is 3.30. The van der Waals surface area contributed by atoms with Crippen LogP contribution in [0.2, 0.25) is 5.28 Å². The van der Waals surface area contributed by atoms with Crippen molar-refractivity contribution in [2.45, 2.75) is 20.1 Å². The van der Waals surface area contributed by atoms with E-state index in [9.17, 15) is 0 Å². The lowest BCUT2D eigenvalue weighted by Gasteiger charge is -2.19. The summed E-state index contributed by atoms with van der Waals surface area (Å²) in [4.78, 5) is 12.8. The lowest BCUT2D eigenvalue weighted by Crippen LogP contribution is -2.14. The van der Waals surface area contributed by atoms with Gasteiger partial charge in [-0.1, -0.05) is 6.07 Å². The van der Waals surface area contributed by atoms with Crippen molar-refractivity contribution in [2.75, 3.05) is 13.2 Å². The predicted molar refractivity (Wildman–Crippen MR) is 87.7 cm³/mol. The molecule has 0 spiro atoms. The highest BCUT2D eigenvalue weighted by atomic mass is 35.5. The van der Waals surface area contributed by atoms with Gasteiger partial charge in [-0.15, -0.1) is 0 Å². The number of nitrogens with zero attached hydrogens (tertiary/aromatic N) is 4. The van der Waals surface area contributed by atoms with E-state index in [-0.39, 0.29) is 5.28 Å². The van der Waals surface area contributed by atoms with Gasteiger partial charge < -0.3 is 9.47 Å². The van der Waals surface area contributed by atoms with Crippen LogP contribution in [0.25, 0.3) is 16.9 Å². The summed E-state index contributed by atoms with van der Waals surface area (Å²) < 4.78 is 13.4. The Morgan fingerprint density at radius 3 is 2.61 bits per heavy atom. The SMILES string of the molecule is CCOC(OCC)c1cc2cnc(Cl)nc2n1-c1ccccn1. The fourth-order valence-corrected chi connectivity index (χ4v) is 2.54. The van der Waals surface area contributed by atoms with Crippen LogP contribution < -0.4 is 0 Å². The lowest BCUT2D eigenvalue weighted by atomic mass is 10.3. The van der Waals surface area contributed by atoms with E-state index in [1.807, 2.05) is 42.7 Å². The monoisotopic (exact) mass is 332 g/mol. The second kappa shape index (κ2) is 7.04. The van der Waals surface area contributed by atoms with Crippen molar-refractivity contribution in [3.05, 3.63) is 47.6 Å². The molecular weight excluding hydrogens is 316 g/mol. The topological polar surface area (TPSA) is 62.1 Å². The van der Waals surface area contributed by atoms with Gasteiger partial charge in [0.1, 0.15) is 5.82 Å². The van der Waals surface area contributed by atoms with Gasteiger partial charge in [0.25, 0.3) is 0 Å². The molecule has 0 aromatic carbocycles. The molecule has 3 aromatic rings. The first-order valence-corrected chi connectivity index (χ1v) is 7.80. The molecule has 7 heteroatoms. The van der Waals surface area contributed by atoms with Crippen LogP contribution in [0.1, 0.15) is 25.8 Å². The molecule has 3 rings (SSSR count). The molecule has 0 fully saturated rings. The van der Waals surface area contributed by atoms with Crippen molar-refractivity contribution in [3.63, 3.8) is 0 Å². The number of ether oxygens (including phenoxy) is 2. The maximum atomic E-state index is 5.97. The average Bonchev–Trinajstić information content (AvgIpc) is 2.94. The summed E-state index contributed by atoms with van der Waals surface area (Å²) in [5, 5.41) is 1.03. The van der Waals surface area contributed by atoms with Crippen LogP contribution in [0.3, 0.4) is 0 Å². The van der Waals surface area contributed by atoms with Gasteiger partial charge in [-0.2, -0.15) is 4.98 Å². The van der Waals surface area contributed by atoms with Crippen molar-refractivity contribution in [2.24, 2.45) is 0 Å². The molecule has 0 bridgehead atoms. The van der Waals surface area contributed by atoms with Gasteiger partial charge in [-0.3, -0.25) is 4.57 Å². The highest BCUT2D eigenvalue weighted by molar-refractivity contribution is 6.28. The van der Waals surface area contributed by atoms with E-state index < -0.39 is 6.29 Å². The minimum absolute atomic E-state index is 0.184. The van der Waals surface area contributed by atoms with Crippen LogP contribution in [-0.4, -0.2) is 32.7 Å². The zero-order valence-corrected chi connectivity index (χ0v) is 13.7. The standard InChI is InChI=1S/C16H17ClN4O2/c1-3-22-15(23-4-2)12-9-11-10-19-16(17)20-14(11)21(12)13-7-5-6-8-18-13/h5-10,15H,3-4H2,1-2H3. The van der Waals surface area contributed by atoms with E-state index >= 15 is 0 Å². The summed E-state index contributed by atoms with van der Waals surface area (Å²) in [6.07, 6.45) is 2.90. The maximum absolute atomic E-state index is 5.97. The second-order valence-corrected chi connectivity index (χ2v) is 5.09. The summed E-state index contributed by atoms with van der Waals surface area (Å²) in [6, 6.07) is 7.61. The van der Waals surface area contributed by atoms with Gasteiger partial charge in [0.2, 0.25) is 5.28 Å². The predicted octanol–water partition coefficient (Wildman–Crippen LogP) is 3.54. The van der Waals surface area contributed by atoms with Crippen LogP contribution in [0.15, 0.2) is 36.7 Å². The largest absolute Gasteiger partial charge is 0.347 e. The van der Waals surface area contributed by atoms with E-state index in [2.05, 4.69) is 15.0 Å². The van der Waals surface area contributed by atoms with E-state index in [1.165, 1.54) is 0 Å². The summed E-state index contributed by atoms with van der Waals surface area (Å²) in [7, 11) is 0. The van der Waals surface area contributed by atoms with Crippen molar-refractivity contribution >= 4 is 22.6 Å². The lowest BCUT2D eigenvalue weighted by molar-refractivity contribution is -0.143. The Morgan fingerprint density at radius 1 is 1.17 bits per heavy atom. The minimum Gasteiger partial charge on any atom is -0.347 e. The van der Waals surface area contributed by atoms with Gasteiger partial charge in [0.15, 0.2) is 11.9 Å². The average molecular weight is 333 g/mol. The molecule has 0 radical (unpaired) electrons. The first-order chi connectivity index (χ1) is 11.2. The first-order valence-electron chi connectivity index (χ1n) is 7.43. The Balaban J connectivity index is 2.23. The molecule has 0 unspecified atom stereocenters. The molecule has 3 aromatic heterocycles. The quantitative estimate of drug-likeness (QED) is 0.510. The molecule has 0 aliphatic rings. The minimum atomic E-state index is -0.514. The van der Waals surface area contributed by atoms with E-state index in [0.29, 0.717) is 18.9 Å². The number of pyridine rings is 1. The van der Waals surface area contributed by atoms with Crippen molar-refractivity contribution < 1.29 is 9.47 Å². The molecule has 0 saturated carbocycles. The Labute approximate surface area is 139 Å². The molecule has 120 valence electrons. The van der Waals surface area contributed by atoms with Crippen LogP contribution in [0, 0.1) is 0 Å². The molecule has 0 amide bonds. The van der Waals surface area contributed by atoms with Crippen LogP contribution in [-0.2, 0) is 9.47 Å². The van der Waals surface area contributed by atoms with Crippen LogP contribution in [0.4, 0.5) is 0 Å². The van der Waals surface area contributed by atoms with Crippen LogP contribution >= 0.6 is 11.6 Å². The third-order valence-corrected chi connectivity index (χ3v) is 3.48. The van der Waals surface area contributed by atoms with Gasteiger partial charge in [-0.25, -0.2) is 9.97 Å². The highest BCUT2D eigenvalue weighted by Crippen LogP contribution is 2.29. The van der Waals surface area contributed by atoms with Gasteiger partial charge in [0.05, 0.1) is 5.69 Å². The Kier molecular flexibility index (Phi) is 4.85. The van der Waals surface area contributed by atoms with Crippen molar-refractivity contribution in [3.8, 4) is 5.82 Å². The van der Waals surface area contributed by atoms with Crippen LogP contribution in [0.5, 0.6) is 0 Å². The summed E-state index contributed by atoms with van der Waals surface area (Å²) in [5.41, 5.74) is 1.47. The molecule has 6 nitrogen and oxygen atoms in total. The van der Waals surface area contributed by atoms with Gasteiger partial charge in [-0.05, 0) is 43.6 Å². The molecule has 3 heterocycles. The number of hydrogen-bond acceptors (Lipinski definition) is 5. The summed E-state index contributed by atoms with van der Waals surface area (Å²) in [5.74, 6) is 0.719. The summed E-state index contributed by atoms with van der Waals surface area (Å²) >= 11 is 5.97. The Bertz CT molecular complexity index is 785. The first kappa shape index (κ1) is 15.9. The molecule has 0 N–H and O–H groups in total. The zero-order valence-electron chi connectivity index (χ0n) is 12.9. The number of aromatic nitrogens is 4. The molecule has 0 aliphatic carbocycles. The Hall–Kier alpha value is -2.02. The Morgan fingerprint density at radius 2 is 1.96 bits per heavy atom. The van der Waals surface area contributed by atoms with Crippen molar-refractivity contribution in [1.82, 2.24) is 19.5 Å². The van der Waals surface area contributed by atoms with E-state index in [0.717, 1.165) is 16.9 Å². The number of halogens is 1. The zero-order chi connectivity index (χ0) is 16.2. The van der Waals surface area contributed by atoms with Gasteiger partial charge >= 0.3 is 0 Å². The molecular formula is C16H17ClN4O2. The maximum Gasteiger partial charge on any atom is 0.224 e. The number of rotatable bonds is 6. The summed E-state index contributed by atoms with van der Waals surface area (Å²) in [6.45, 7) is 4.91. The normalized spacial score (nSPS) is 11.5.